The Bertz CT molecular complexity index is 713. The molecule has 156 valence electrons. The lowest BCUT2D eigenvalue weighted by Gasteiger charge is -2.21. The van der Waals surface area contributed by atoms with Crippen LogP contribution in [0.3, 0.4) is 0 Å². The highest BCUT2D eigenvalue weighted by Crippen LogP contribution is 2.19. The smallest absolute Gasteiger partial charge is 0.226 e. The van der Waals surface area contributed by atoms with Crippen LogP contribution in [0.2, 0.25) is 0 Å². The second-order valence-corrected chi connectivity index (χ2v) is 6.89. The van der Waals surface area contributed by atoms with Gasteiger partial charge in [-0.05, 0) is 38.3 Å². The number of rotatable bonds is 9. The van der Waals surface area contributed by atoms with Crippen molar-refractivity contribution >= 4 is 29.9 Å². The van der Waals surface area contributed by atoms with Gasteiger partial charge in [-0.15, -0.1) is 24.0 Å². The van der Waals surface area contributed by atoms with E-state index in [9.17, 15) is 0 Å². The molecule has 0 aliphatic heterocycles. The summed E-state index contributed by atoms with van der Waals surface area (Å²) in [6.07, 6.45) is 2.88. The minimum absolute atomic E-state index is 0. The fourth-order valence-corrected chi connectivity index (χ4v) is 2.77. The van der Waals surface area contributed by atoms with Crippen molar-refractivity contribution in [1.29, 1.82) is 0 Å². The van der Waals surface area contributed by atoms with E-state index in [0.29, 0.717) is 18.4 Å². The summed E-state index contributed by atoms with van der Waals surface area (Å²) >= 11 is 0. The van der Waals surface area contributed by atoms with Crippen molar-refractivity contribution in [3.63, 3.8) is 0 Å². The molecule has 0 spiro atoms. The van der Waals surface area contributed by atoms with Crippen LogP contribution in [-0.2, 0) is 11.3 Å². The van der Waals surface area contributed by atoms with Crippen molar-refractivity contribution in [2.75, 3.05) is 20.2 Å². The van der Waals surface area contributed by atoms with Crippen molar-refractivity contribution in [2.45, 2.75) is 46.8 Å². The molecular weight excluding hydrogens is 467 g/mol. The van der Waals surface area contributed by atoms with E-state index < -0.39 is 0 Å². The molecular formula is C21H33IN4O2. The van der Waals surface area contributed by atoms with Crippen LogP contribution < -0.4 is 10.6 Å². The molecule has 6 nitrogen and oxygen atoms in total. The standard InChI is InChI=1S/C21H32N4O2.HI/c1-6-26-19(15(2)3)11-12-23-21(22-5)24-13-18-14-27-20(25-18)17-9-7-16(4)8-10-17;/h7-10,14-15,19H,6,11-13H2,1-5H3,(H2,22,23,24);1H. The fourth-order valence-electron chi connectivity index (χ4n) is 2.77. The minimum atomic E-state index is 0. The van der Waals surface area contributed by atoms with Crippen LogP contribution >= 0.6 is 24.0 Å². The molecule has 1 heterocycles. The van der Waals surface area contributed by atoms with E-state index in [-0.39, 0.29) is 30.1 Å². The van der Waals surface area contributed by atoms with Crippen LogP contribution in [0.5, 0.6) is 0 Å². The average Bonchev–Trinajstić information content (AvgIpc) is 3.13. The van der Waals surface area contributed by atoms with Crippen LogP contribution in [0.15, 0.2) is 39.9 Å². The summed E-state index contributed by atoms with van der Waals surface area (Å²) < 4.78 is 11.4. The third-order valence-corrected chi connectivity index (χ3v) is 4.36. The van der Waals surface area contributed by atoms with Gasteiger partial charge in [-0.3, -0.25) is 4.99 Å². The Morgan fingerprint density at radius 3 is 2.54 bits per heavy atom. The molecule has 1 aromatic heterocycles. The Balaban J connectivity index is 0.00000392. The molecule has 0 radical (unpaired) electrons. The predicted molar refractivity (Wildman–Crippen MR) is 125 cm³/mol. The number of benzene rings is 1. The lowest BCUT2D eigenvalue weighted by Crippen LogP contribution is -2.39. The summed E-state index contributed by atoms with van der Waals surface area (Å²) in [5.41, 5.74) is 3.03. The highest BCUT2D eigenvalue weighted by atomic mass is 127. The van der Waals surface area contributed by atoms with Gasteiger partial charge >= 0.3 is 0 Å². The molecule has 1 atom stereocenters. The van der Waals surface area contributed by atoms with Gasteiger partial charge in [0.1, 0.15) is 6.26 Å². The second kappa shape index (κ2) is 12.8. The van der Waals surface area contributed by atoms with Crippen molar-refractivity contribution in [2.24, 2.45) is 10.9 Å². The van der Waals surface area contributed by atoms with Gasteiger partial charge in [0.15, 0.2) is 5.96 Å². The highest BCUT2D eigenvalue weighted by Gasteiger charge is 2.13. The average molecular weight is 500 g/mol. The van der Waals surface area contributed by atoms with Gasteiger partial charge in [0.05, 0.1) is 18.3 Å². The van der Waals surface area contributed by atoms with Crippen molar-refractivity contribution in [1.82, 2.24) is 15.6 Å². The number of hydrogen-bond donors (Lipinski definition) is 2. The van der Waals surface area contributed by atoms with Crippen molar-refractivity contribution < 1.29 is 9.15 Å². The van der Waals surface area contributed by atoms with Crippen LogP contribution in [0, 0.1) is 12.8 Å². The molecule has 0 amide bonds. The summed E-state index contributed by atoms with van der Waals surface area (Å²) in [7, 11) is 1.76. The minimum Gasteiger partial charge on any atom is -0.444 e. The van der Waals surface area contributed by atoms with Gasteiger partial charge in [-0.25, -0.2) is 4.98 Å². The van der Waals surface area contributed by atoms with Crippen LogP contribution in [-0.4, -0.2) is 37.2 Å². The predicted octanol–water partition coefficient (Wildman–Crippen LogP) is 4.38. The SMILES string of the molecule is CCOC(CCNC(=NC)NCc1coc(-c2ccc(C)cc2)n1)C(C)C.I. The topological polar surface area (TPSA) is 71.7 Å². The lowest BCUT2D eigenvalue weighted by molar-refractivity contribution is 0.0258. The maximum absolute atomic E-state index is 5.78. The van der Waals surface area contributed by atoms with Crippen LogP contribution in [0.1, 0.15) is 38.4 Å². The first-order chi connectivity index (χ1) is 13.0. The molecule has 2 rings (SSSR count). The van der Waals surface area contributed by atoms with Gasteiger partial charge in [0.2, 0.25) is 5.89 Å². The Kier molecular flexibility index (Phi) is 11.1. The number of ether oxygens (including phenoxy) is 1. The zero-order chi connectivity index (χ0) is 19.6. The van der Waals surface area contributed by atoms with Gasteiger partial charge in [0.25, 0.3) is 0 Å². The summed E-state index contributed by atoms with van der Waals surface area (Å²) in [5.74, 6) is 1.87. The molecule has 0 saturated heterocycles. The fraction of sp³-hybridized carbons (Fsp3) is 0.524. The molecule has 1 aromatic carbocycles. The zero-order valence-electron chi connectivity index (χ0n) is 17.5. The molecule has 2 N–H and O–H groups in total. The molecule has 7 heteroatoms. The molecule has 1 unspecified atom stereocenters. The van der Waals surface area contributed by atoms with Crippen molar-refractivity contribution in [3.05, 3.63) is 41.8 Å². The van der Waals surface area contributed by atoms with Gasteiger partial charge < -0.3 is 19.8 Å². The van der Waals surface area contributed by atoms with Gasteiger partial charge in [0, 0.05) is 25.8 Å². The lowest BCUT2D eigenvalue weighted by atomic mass is 10.0. The number of oxazole rings is 1. The van der Waals surface area contributed by atoms with E-state index in [1.54, 1.807) is 13.3 Å². The van der Waals surface area contributed by atoms with Gasteiger partial charge in [-0.1, -0.05) is 31.5 Å². The molecule has 0 saturated carbocycles. The first-order valence-corrected chi connectivity index (χ1v) is 9.61. The summed E-state index contributed by atoms with van der Waals surface area (Å²) in [4.78, 5) is 8.80. The van der Waals surface area contributed by atoms with E-state index in [4.69, 9.17) is 9.15 Å². The largest absolute Gasteiger partial charge is 0.444 e. The van der Waals surface area contributed by atoms with Crippen LogP contribution in [0.4, 0.5) is 0 Å². The maximum atomic E-state index is 5.78. The normalized spacial score (nSPS) is 12.6. The van der Waals surface area contributed by atoms with E-state index in [0.717, 1.165) is 36.8 Å². The summed E-state index contributed by atoms with van der Waals surface area (Å²) in [6.45, 7) is 10.6. The Morgan fingerprint density at radius 2 is 1.93 bits per heavy atom. The molecule has 0 aliphatic carbocycles. The molecule has 28 heavy (non-hydrogen) atoms. The number of guanidine groups is 1. The number of aromatic nitrogens is 1. The first-order valence-electron chi connectivity index (χ1n) is 9.61. The number of nitrogens with one attached hydrogen (secondary N) is 2. The number of nitrogens with zero attached hydrogens (tertiary/aromatic N) is 2. The molecule has 0 fully saturated rings. The maximum Gasteiger partial charge on any atom is 0.226 e. The van der Waals surface area contributed by atoms with Crippen LogP contribution in [0.25, 0.3) is 11.5 Å². The summed E-state index contributed by atoms with van der Waals surface area (Å²) in [6, 6.07) is 8.14. The van der Waals surface area contributed by atoms with E-state index in [2.05, 4.69) is 53.5 Å². The number of halogens is 1. The highest BCUT2D eigenvalue weighted by molar-refractivity contribution is 14.0. The third kappa shape index (κ3) is 7.79. The number of aliphatic imine (C=N–C) groups is 1. The van der Waals surface area contributed by atoms with Crippen molar-refractivity contribution in [3.8, 4) is 11.5 Å². The number of aryl methyl sites for hydroxylation is 1. The van der Waals surface area contributed by atoms with Gasteiger partial charge in [-0.2, -0.15) is 0 Å². The Labute approximate surface area is 185 Å². The second-order valence-electron chi connectivity index (χ2n) is 6.89. The quantitative estimate of drug-likeness (QED) is 0.304. The Hall–Kier alpha value is -1.61. The molecule has 0 bridgehead atoms. The third-order valence-electron chi connectivity index (χ3n) is 4.36. The van der Waals surface area contributed by atoms with E-state index in [1.807, 2.05) is 19.1 Å². The van der Waals surface area contributed by atoms with E-state index >= 15 is 0 Å². The number of hydrogen-bond acceptors (Lipinski definition) is 4. The summed E-state index contributed by atoms with van der Waals surface area (Å²) in [5, 5.41) is 6.60. The Morgan fingerprint density at radius 1 is 1.21 bits per heavy atom. The van der Waals surface area contributed by atoms with E-state index in [1.165, 1.54) is 5.56 Å². The molecule has 2 aromatic rings. The first kappa shape index (κ1) is 24.4. The monoisotopic (exact) mass is 500 g/mol. The molecule has 0 aliphatic rings. The zero-order valence-corrected chi connectivity index (χ0v) is 19.8.